The van der Waals surface area contributed by atoms with E-state index in [2.05, 4.69) is 27.2 Å². The number of piperidine rings is 1. The van der Waals surface area contributed by atoms with Crippen LogP contribution in [0.15, 0.2) is 30.3 Å². The molecule has 1 N–H and O–H groups in total. The Morgan fingerprint density at radius 1 is 1.19 bits per heavy atom. The number of ether oxygens (including phenoxy) is 2. The molecular formula is C28H34F2N4O2. The number of nitrogens with one attached hydrogen (secondary N) is 1. The molecule has 1 aromatic heterocycles. The van der Waals surface area contributed by atoms with Gasteiger partial charge in [-0.3, -0.25) is 4.90 Å². The highest BCUT2D eigenvalue weighted by Gasteiger charge is 2.51. The van der Waals surface area contributed by atoms with Crippen molar-refractivity contribution in [2.45, 2.75) is 52.1 Å². The summed E-state index contributed by atoms with van der Waals surface area (Å²) < 4.78 is 40.2. The zero-order valence-electron chi connectivity index (χ0n) is 21.7. The quantitative estimate of drug-likeness (QED) is 0.421. The van der Waals surface area contributed by atoms with Crippen LogP contribution in [-0.2, 0) is 5.92 Å². The van der Waals surface area contributed by atoms with Gasteiger partial charge < -0.3 is 14.8 Å². The van der Waals surface area contributed by atoms with Crippen LogP contribution >= 0.6 is 0 Å². The van der Waals surface area contributed by atoms with Gasteiger partial charge in [0.25, 0.3) is 5.92 Å². The molecule has 2 aromatic carbocycles. The molecule has 8 heteroatoms. The van der Waals surface area contributed by atoms with Crippen molar-refractivity contribution in [2.24, 2.45) is 11.8 Å². The molecule has 2 unspecified atom stereocenters. The molecule has 5 rings (SSSR count). The van der Waals surface area contributed by atoms with Gasteiger partial charge in [0, 0.05) is 36.5 Å². The lowest BCUT2D eigenvalue weighted by molar-refractivity contribution is 0.0167. The second-order valence-electron chi connectivity index (χ2n) is 10.4. The fourth-order valence-electron chi connectivity index (χ4n) is 5.73. The summed E-state index contributed by atoms with van der Waals surface area (Å²) in [6.07, 6.45) is 1.29. The standard InChI is InChI=1S/C28H34F2N4O2/c1-15-19(8-7-9-22(15)28(4,29)30)16(2)31-27-21-11-26(25(35-6)12-23(21)32-17(3)33-27)36-14-24-20-10-18(20)13-34(24)5/h7-9,11-12,16,18,20,24H,10,13-14H2,1-6H3,(H,31,32,33)/t16-,18?,20?,24-/m1/s1. The maximum atomic E-state index is 14.1. The molecule has 6 nitrogen and oxygen atoms in total. The molecule has 2 aliphatic rings. The number of methoxy groups -OCH3 is 1. The molecule has 1 aliphatic carbocycles. The molecule has 0 bridgehead atoms. The van der Waals surface area contributed by atoms with Crippen LogP contribution in [0.3, 0.4) is 0 Å². The first-order chi connectivity index (χ1) is 17.1. The molecule has 1 aliphatic heterocycles. The Bertz CT molecular complexity index is 1290. The van der Waals surface area contributed by atoms with Crippen LogP contribution in [0.1, 0.15) is 48.8 Å². The third kappa shape index (κ3) is 4.59. The largest absolute Gasteiger partial charge is 0.493 e. The molecule has 0 radical (unpaired) electrons. The molecule has 36 heavy (non-hydrogen) atoms. The lowest BCUT2D eigenvalue weighted by Crippen LogP contribution is -2.34. The highest BCUT2D eigenvalue weighted by molar-refractivity contribution is 5.92. The van der Waals surface area contributed by atoms with Gasteiger partial charge in [0.15, 0.2) is 11.5 Å². The number of anilines is 1. The maximum absolute atomic E-state index is 14.1. The SMILES string of the molecule is COc1cc2nc(C)nc(N[C@H](C)c3cccc(C(C)(F)F)c3C)c2cc1OC[C@@H]1C2CC2CN1C. The number of fused-ring (bicyclic) bond motifs is 2. The minimum atomic E-state index is -2.91. The van der Waals surface area contributed by atoms with Crippen LogP contribution in [0.5, 0.6) is 11.5 Å². The second-order valence-corrected chi connectivity index (χ2v) is 10.4. The number of hydrogen-bond donors (Lipinski definition) is 1. The average molecular weight is 497 g/mol. The van der Waals surface area contributed by atoms with E-state index in [0.29, 0.717) is 41.4 Å². The van der Waals surface area contributed by atoms with E-state index in [4.69, 9.17) is 9.47 Å². The second kappa shape index (κ2) is 9.14. The van der Waals surface area contributed by atoms with Crippen LogP contribution in [0, 0.1) is 25.7 Å². The first kappa shape index (κ1) is 24.7. The van der Waals surface area contributed by atoms with Gasteiger partial charge in [-0.05, 0) is 63.3 Å². The van der Waals surface area contributed by atoms with Crippen LogP contribution in [-0.4, -0.2) is 48.2 Å². The minimum Gasteiger partial charge on any atom is -0.493 e. The predicted octanol–water partition coefficient (Wildman–Crippen LogP) is 5.87. The van der Waals surface area contributed by atoms with Crippen molar-refractivity contribution in [3.63, 3.8) is 0 Å². The van der Waals surface area contributed by atoms with Gasteiger partial charge >= 0.3 is 0 Å². The number of halogens is 2. The van der Waals surface area contributed by atoms with Crippen LogP contribution < -0.4 is 14.8 Å². The van der Waals surface area contributed by atoms with Gasteiger partial charge in [-0.25, -0.2) is 18.7 Å². The molecule has 192 valence electrons. The maximum Gasteiger partial charge on any atom is 0.270 e. The van der Waals surface area contributed by atoms with Crippen LogP contribution in [0.4, 0.5) is 14.6 Å². The molecule has 1 saturated carbocycles. The number of likely N-dealkylation sites (tertiary alicyclic amines) is 1. The molecule has 4 atom stereocenters. The molecule has 2 fully saturated rings. The van der Waals surface area contributed by atoms with Gasteiger partial charge in [-0.2, -0.15) is 0 Å². The highest BCUT2D eigenvalue weighted by Crippen LogP contribution is 2.49. The number of aryl methyl sites for hydroxylation is 1. The van der Waals surface area contributed by atoms with Gasteiger partial charge in [0.2, 0.25) is 0 Å². The van der Waals surface area contributed by atoms with E-state index >= 15 is 0 Å². The van der Waals surface area contributed by atoms with E-state index < -0.39 is 5.92 Å². The Hall–Kier alpha value is -3.00. The number of likely N-dealkylation sites (N-methyl/N-ethyl adjacent to an activating group) is 1. The Morgan fingerprint density at radius 3 is 2.64 bits per heavy atom. The molecule has 0 amide bonds. The Balaban J connectivity index is 1.46. The fraction of sp³-hybridized carbons (Fsp3) is 0.500. The number of alkyl halides is 2. The van der Waals surface area contributed by atoms with Crippen molar-refractivity contribution in [1.29, 1.82) is 0 Å². The summed E-state index contributed by atoms with van der Waals surface area (Å²) in [6.45, 7) is 8.19. The number of aromatic nitrogens is 2. The summed E-state index contributed by atoms with van der Waals surface area (Å²) in [5.41, 5.74) is 2.14. The number of benzene rings is 2. The van der Waals surface area contributed by atoms with Crippen molar-refractivity contribution in [1.82, 2.24) is 14.9 Å². The summed E-state index contributed by atoms with van der Waals surface area (Å²) in [4.78, 5) is 11.6. The number of nitrogens with zero attached hydrogens (tertiary/aromatic N) is 3. The Kier molecular flexibility index (Phi) is 6.27. The van der Waals surface area contributed by atoms with E-state index in [0.717, 1.165) is 41.8 Å². The average Bonchev–Trinajstić information content (AvgIpc) is 3.49. The number of hydrogen-bond acceptors (Lipinski definition) is 6. The topological polar surface area (TPSA) is 59.5 Å². The highest BCUT2D eigenvalue weighted by atomic mass is 19.3. The van der Waals surface area contributed by atoms with Crippen LogP contribution in [0.2, 0.25) is 0 Å². The molecule has 2 heterocycles. The molecular weight excluding hydrogens is 462 g/mol. The van der Waals surface area contributed by atoms with Crippen molar-refractivity contribution < 1.29 is 18.3 Å². The molecule has 3 aromatic rings. The lowest BCUT2D eigenvalue weighted by Gasteiger charge is -2.24. The molecule has 0 spiro atoms. The van der Waals surface area contributed by atoms with E-state index in [1.54, 1.807) is 20.1 Å². The van der Waals surface area contributed by atoms with E-state index in [-0.39, 0.29) is 11.6 Å². The van der Waals surface area contributed by atoms with Crippen molar-refractivity contribution in [3.05, 3.63) is 52.8 Å². The van der Waals surface area contributed by atoms with Gasteiger partial charge in [0.05, 0.1) is 18.7 Å². The summed E-state index contributed by atoms with van der Waals surface area (Å²) in [7, 11) is 3.78. The monoisotopic (exact) mass is 496 g/mol. The van der Waals surface area contributed by atoms with Crippen molar-refractivity contribution in [2.75, 3.05) is 32.6 Å². The van der Waals surface area contributed by atoms with Crippen molar-refractivity contribution >= 4 is 16.7 Å². The summed E-state index contributed by atoms with van der Waals surface area (Å²) >= 11 is 0. The third-order valence-corrected chi connectivity index (χ3v) is 7.73. The van der Waals surface area contributed by atoms with E-state index in [9.17, 15) is 8.78 Å². The number of rotatable bonds is 8. The summed E-state index contributed by atoms with van der Waals surface area (Å²) in [5.74, 6) is 1.13. The third-order valence-electron chi connectivity index (χ3n) is 7.73. The predicted molar refractivity (Wildman–Crippen MR) is 137 cm³/mol. The Morgan fingerprint density at radius 2 is 1.97 bits per heavy atom. The Labute approximate surface area is 211 Å². The van der Waals surface area contributed by atoms with Gasteiger partial charge in [-0.15, -0.1) is 0 Å². The summed E-state index contributed by atoms with van der Waals surface area (Å²) in [6, 6.07) is 8.99. The summed E-state index contributed by atoms with van der Waals surface area (Å²) in [5, 5.41) is 4.24. The smallest absolute Gasteiger partial charge is 0.270 e. The van der Waals surface area contributed by atoms with E-state index in [1.165, 1.54) is 12.5 Å². The zero-order valence-corrected chi connectivity index (χ0v) is 21.7. The first-order valence-corrected chi connectivity index (χ1v) is 12.5. The zero-order chi connectivity index (χ0) is 25.8. The lowest BCUT2D eigenvalue weighted by atomic mass is 9.94. The van der Waals surface area contributed by atoms with Gasteiger partial charge in [0.1, 0.15) is 18.2 Å². The van der Waals surface area contributed by atoms with Gasteiger partial charge in [-0.1, -0.05) is 18.2 Å². The fourth-order valence-corrected chi connectivity index (χ4v) is 5.73. The first-order valence-electron chi connectivity index (χ1n) is 12.5. The normalized spacial score (nSPS) is 22.4. The van der Waals surface area contributed by atoms with Crippen LogP contribution in [0.25, 0.3) is 10.9 Å². The minimum absolute atomic E-state index is 0.0348. The van der Waals surface area contributed by atoms with E-state index in [1.807, 2.05) is 32.0 Å². The molecule has 1 saturated heterocycles. The van der Waals surface area contributed by atoms with Crippen molar-refractivity contribution in [3.8, 4) is 11.5 Å².